The number of unbranched alkanes of at least 4 members (excludes halogenated alkanes) is 2. The first-order valence-corrected chi connectivity index (χ1v) is 11.0. The van der Waals surface area contributed by atoms with Crippen LogP contribution in [0.4, 0.5) is 4.79 Å². The quantitative estimate of drug-likeness (QED) is 0.418. The summed E-state index contributed by atoms with van der Waals surface area (Å²) in [4.78, 5) is 25.5. The van der Waals surface area contributed by atoms with E-state index in [1.807, 2.05) is 29.2 Å². The van der Waals surface area contributed by atoms with Gasteiger partial charge in [0.25, 0.3) is 0 Å². The molecule has 1 unspecified atom stereocenters. The van der Waals surface area contributed by atoms with Gasteiger partial charge in [-0.25, -0.2) is 9.59 Å². The van der Waals surface area contributed by atoms with Gasteiger partial charge in [-0.3, -0.25) is 0 Å². The summed E-state index contributed by atoms with van der Waals surface area (Å²) in [6.45, 7) is 10.7. The molecule has 0 fully saturated rings. The third-order valence-corrected chi connectivity index (χ3v) is 4.60. The number of amides is 2. The highest BCUT2D eigenvalue weighted by atomic mass is 16.5. The second-order valence-corrected chi connectivity index (χ2v) is 7.75. The molecule has 0 saturated heterocycles. The topological polar surface area (TPSA) is 88.1 Å². The van der Waals surface area contributed by atoms with Gasteiger partial charge >= 0.3 is 12.0 Å². The van der Waals surface area contributed by atoms with Gasteiger partial charge in [0.2, 0.25) is 0 Å². The normalized spacial score (nSPS) is 11.9. The molecule has 7 nitrogen and oxygen atoms in total. The Kier molecular flexibility index (Phi) is 12.6. The average molecular weight is 423 g/mol. The first-order chi connectivity index (χ1) is 14.4. The van der Waals surface area contributed by atoms with Crippen molar-refractivity contribution in [3.63, 3.8) is 0 Å². The molecule has 1 atom stereocenters. The van der Waals surface area contributed by atoms with E-state index in [-0.39, 0.29) is 6.03 Å². The van der Waals surface area contributed by atoms with Gasteiger partial charge in [0.05, 0.1) is 6.54 Å². The lowest BCUT2D eigenvalue weighted by molar-refractivity contribution is -0.149. The van der Waals surface area contributed by atoms with Gasteiger partial charge in [-0.2, -0.15) is 0 Å². The molecule has 1 aromatic rings. The van der Waals surface area contributed by atoms with E-state index in [0.717, 1.165) is 24.8 Å². The number of hydrogen-bond acceptors (Lipinski definition) is 4. The van der Waals surface area contributed by atoms with Crippen LogP contribution in [0.15, 0.2) is 24.3 Å². The highest BCUT2D eigenvalue weighted by Crippen LogP contribution is 2.15. The molecule has 2 amide bonds. The summed E-state index contributed by atoms with van der Waals surface area (Å²) < 4.78 is 11.1. The van der Waals surface area contributed by atoms with E-state index < -0.39 is 12.1 Å². The fourth-order valence-electron chi connectivity index (χ4n) is 2.90. The molecule has 0 saturated carbocycles. The fraction of sp³-hybridized carbons (Fsp3) is 0.652. The number of hydrogen-bond donors (Lipinski definition) is 2. The zero-order valence-corrected chi connectivity index (χ0v) is 18.9. The lowest BCUT2D eigenvalue weighted by atomic mass is 10.1. The minimum atomic E-state index is -0.962. The van der Waals surface area contributed by atoms with Crippen LogP contribution in [0.1, 0.15) is 52.5 Å². The Hall–Kier alpha value is -2.28. The summed E-state index contributed by atoms with van der Waals surface area (Å²) >= 11 is 0. The SMILES string of the molecule is CCCCCN(CCOc1ccc(CC(OCC)C(=O)O)cc1)C(=O)NCC(C)C. The van der Waals surface area contributed by atoms with Crippen LogP contribution in [0.25, 0.3) is 0 Å². The number of carbonyl (C=O) groups excluding carboxylic acids is 1. The van der Waals surface area contributed by atoms with Crippen LogP contribution in [-0.2, 0) is 16.0 Å². The van der Waals surface area contributed by atoms with E-state index in [1.54, 1.807) is 6.92 Å². The maximum absolute atomic E-state index is 12.4. The number of urea groups is 1. The van der Waals surface area contributed by atoms with Crippen molar-refractivity contribution in [2.24, 2.45) is 5.92 Å². The van der Waals surface area contributed by atoms with E-state index in [1.165, 1.54) is 0 Å². The van der Waals surface area contributed by atoms with Crippen molar-refractivity contribution in [2.45, 2.75) is 59.5 Å². The standard InChI is InChI=1S/C23H38N2O5/c1-5-7-8-13-25(23(28)24-17-18(3)4)14-15-30-20-11-9-19(10-12-20)16-21(22(26)27)29-6-2/h9-12,18,21H,5-8,13-17H2,1-4H3,(H,24,28)(H,26,27). The molecule has 30 heavy (non-hydrogen) atoms. The number of carbonyl (C=O) groups is 2. The van der Waals surface area contributed by atoms with E-state index in [9.17, 15) is 14.7 Å². The molecule has 170 valence electrons. The predicted octanol–water partition coefficient (Wildman–Crippen LogP) is 3.96. The number of nitrogens with zero attached hydrogens (tertiary/aromatic N) is 1. The molecule has 2 N–H and O–H groups in total. The van der Waals surface area contributed by atoms with E-state index >= 15 is 0 Å². The van der Waals surface area contributed by atoms with Gasteiger partial charge in [-0.1, -0.05) is 45.7 Å². The van der Waals surface area contributed by atoms with Gasteiger partial charge in [-0.05, 0) is 37.0 Å². The smallest absolute Gasteiger partial charge is 0.333 e. The third kappa shape index (κ3) is 10.5. The molecule has 0 bridgehead atoms. The van der Waals surface area contributed by atoms with Crippen molar-refractivity contribution in [2.75, 3.05) is 32.8 Å². The highest BCUT2D eigenvalue weighted by Gasteiger charge is 2.18. The van der Waals surface area contributed by atoms with Crippen LogP contribution in [-0.4, -0.2) is 61.0 Å². The van der Waals surface area contributed by atoms with Crippen LogP contribution >= 0.6 is 0 Å². The Morgan fingerprint density at radius 1 is 1.10 bits per heavy atom. The Morgan fingerprint density at radius 3 is 2.37 bits per heavy atom. The number of rotatable bonds is 15. The van der Waals surface area contributed by atoms with Crippen LogP contribution in [0.2, 0.25) is 0 Å². The summed E-state index contributed by atoms with van der Waals surface area (Å²) in [5.41, 5.74) is 0.873. The van der Waals surface area contributed by atoms with E-state index in [0.29, 0.717) is 50.9 Å². The molecule has 1 aromatic carbocycles. The second-order valence-electron chi connectivity index (χ2n) is 7.75. The fourth-order valence-corrected chi connectivity index (χ4v) is 2.90. The van der Waals surface area contributed by atoms with Crippen molar-refractivity contribution in [1.29, 1.82) is 0 Å². The number of nitrogens with one attached hydrogen (secondary N) is 1. The maximum atomic E-state index is 12.4. The summed E-state index contributed by atoms with van der Waals surface area (Å²) in [6, 6.07) is 7.28. The predicted molar refractivity (Wildman–Crippen MR) is 118 cm³/mol. The molecule has 7 heteroatoms. The molecule has 0 heterocycles. The lowest BCUT2D eigenvalue weighted by Gasteiger charge is -2.24. The van der Waals surface area contributed by atoms with Gasteiger partial charge in [0.15, 0.2) is 6.10 Å². The van der Waals surface area contributed by atoms with Gasteiger partial charge in [-0.15, -0.1) is 0 Å². The van der Waals surface area contributed by atoms with Crippen molar-refractivity contribution in [1.82, 2.24) is 10.2 Å². The second kappa shape index (κ2) is 14.7. The van der Waals surface area contributed by atoms with Gasteiger partial charge in [0, 0.05) is 26.1 Å². The first kappa shape index (κ1) is 25.8. The minimum Gasteiger partial charge on any atom is -0.492 e. The zero-order valence-electron chi connectivity index (χ0n) is 18.9. The Balaban J connectivity index is 2.54. The van der Waals surface area contributed by atoms with Crippen LogP contribution in [0.3, 0.4) is 0 Å². The van der Waals surface area contributed by atoms with Crippen LogP contribution in [0, 0.1) is 5.92 Å². The summed E-state index contributed by atoms with van der Waals surface area (Å²) in [6.07, 6.45) is 2.64. The number of carboxylic acids is 1. The van der Waals surface area contributed by atoms with E-state index in [2.05, 4.69) is 26.1 Å². The van der Waals surface area contributed by atoms with Gasteiger partial charge < -0.3 is 24.8 Å². The highest BCUT2D eigenvalue weighted by molar-refractivity contribution is 5.74. The first-order valence-electron chi connectivity index (χ1n) is 11.0. The molecule has 0 aliphatic carbocycles. The molecule has 0 spiro atoms. The van der Waals surface area contributed by atoms with Crippen molar-refractivity contribution in [3.05, 3.63) is 29.8 Å². The molecule has 0 radical (unpaired) electrons. The van der Waals surface area contributed by atoms with Crippen LogP contribution < -0.4 is 10.1 Å². The third-order valence-electron chi connectivity index (χ3n) is 4.60. The van der Waals surface area contributed by atoms with Gasteiger partial charge in [0.1, 0.15) is 12.4 Å². The molecule has 0 aliphatic rings. The molecule has 1 rings (SSSR count). The van der Waals surface area contributed by atoms with Crippen molar-refractivity contribution >= 4 is 12.0 Å². The van der Waals surface area contributed by atoms with Crippen molar-refractivity contribution in [3.8, 4) is 5.75 Å². The minimum absolute atomic E-state index is 0.0469. The molecule has 0 aromatic heterocycles. The Morgan fingerprint density at radius 2 is 1.80 bits per heavy atom. The maximum Gasteiger partial charge on any atom is 0.333 e. The molecular formula is C23H38N2O5. The number of aliphatic carboxylic acids is 1. The molecular weight excluding hydrogens is 384 g/mol. The number of benzene rings is 1. The average Bonchev–Trinajstić information content (AvgIpc) is 2.71. The largest absolute Gasteiger partial charge is 0.492 e. The molecule has 0 aliphatic heterocycles. The van der Waals surface area contributed by atoms with E-state index in [4.69, 9.17) is 9.47 Å². The zero-order chi connectivity index (χ0) is 22.4. The number of ether oxygens (including phenoxy) is 2. The monoisotopic (exact) mass is 422 g/mol. The summed E-state index contributed by atoms with van der Waals surface area (Å²) in [7, 11) is 0. The van der Waals surface area contributed by atoms with Crippen LogP contribution in [0.5, 0.6) is 5.75 Å². The lowest BCUT2D eigenvalue weighted by Crippen LogP contribution is -2.43. The summed E-state index contributed by atoms with van der Waals surface area (Å²) in [5.74, 6) is 0.138. The summed E-state index contributed by atoms with van der Waals surface area (Å²) in [5, 5.41) is 12.2. The van der Waals surface area contributed by atoms with Crippen molar-refractivity contribution < 1.29 is 24.2 Å². The Bertz CT molecular complexity index is 619. The number of carboxylic acid groups (broad SMARTS) is 1. The Labute approximate surface area is 180 Å².